The molecule has 238 valence electrons. The van der Waals surface area contributed by atoms with Gasteiger partial charge in [0.15, 0.2) is 0 Å². The Hall–Kier alpha value is -2.98. The smallest absolute Gasteiger partial charge is 0.239 e. The molecule has 2 aliphatic heterocycles. The van der Waals surface area contributed by atoms with Gasteiger partial charge in [-0.1, -0.05) is 35.9 Å². The second kappa shape index (κ2) is 14.4. The molecule has 1 aliphatic carbocycles. The molecule has 3 N–H and O–H groups in total. The number of carbonyl (C=O) groups excluding carboxylic acids is 1. The molecule has 2 saturated heterocycles. The predicted molar refractivity (Wildman–Crippen MR) is 170 cm³/mol. The van der Waals surface area contributed by atoms with E-state index in [1.165, 1.54) is 6.07 Å². The first kappa shape index (κ1) is 32.4. The van der Waals surface area contributed by atoms with Gasteiger partial charge in [0, 0.05) is 56.3 Å². The Balaban J connectivity index is 1.09. The maximum absolute atomic E-state index is 16.4. The highest BCUT2D eigenvalue weighted by molar-refractivity contribution is 6.30. The first-order valence-electron chi connectivity index (χ1n) is 15.6. The Kier molecular flexibility index (Phi) is 10.6. The zero-order chi connectivity index (χ0) is 31.3. The molecule has 2 atom stereocenters. The molecule has 0 radical (unpaired) electrons. The lowest BCUT2D eigenvalue weighted by molar-refractivity contribution is -0.136. The largest absolute Gasteiger partial charge is 0.508 e. The van der Waals surface area contributed by atoms with Crippen molar-refractivity contribution in [3.63, 3.8) is 0 Å². The third-order valence-corrected chi connectivity index (χ3v) is 9.47. The summed E-state index contributed by atoms with van der Waals surface area (Å²) in [5, 5.41) is 10.4. The van der Waals surface area contributed by atoms with E-state index >= 15 is 4.39 Å². The van der Waals surface area contributed by atoms with Crippen molar-refractivity contribution >= 4 is 23.1 Å². The number of amides is 1. The highest BCUT2D eigenvalue weighted by Crippen LogP contribution is 2.43. The van der Waals surface area contributed by atoms with E-state index in [1.54, 1.807) is 48.6 Å². The summed E-state index contributed by atoms with van der Waals surface area (Å²) in [5.74, 6) is 0.417. The minimum atomic E-state index is -1.64. The van der Waals surface area contributed by atoms with Gasteiger partial charge in [0.2, 0.25) is 5.91 Å². The fraction of sp³-hybridized carbons (Fsp3) is 0.500. The summed E-state index contributed by atoms with van der Waals surface area (Å²) in [6.45, 7) is 7.21. The van der Waals surface area contributed by atoms with Crippen LogP contribution in [-0.2, 0) is 11.3 Å². The van der Waals surface area contributed by atoms with Crippen LogP contribution in [0.5, 0.6) is 11.5 Å². The van der Waals surface area contributed by atoms with E-state index in [4.69, 9.17) is 22.1 Å². The molecule has 7 nitrogen and oxygen atoms in total. The number of hydrogen-bond acceptors (Lipinski definition) is 6. The van der Waals surface area contributed by atoms with E-state index in [0.29, 0.717) is 73.4 Å². The van der Waals surface area contributed by atoms with E-state index in [2.05, 4.69) is 9.80 Å². The summed E-state index contributed by atoms with van der Waals surface area (Å²) in [7, 11) is 0. The van der Waals surface area contributed by atoms with E-state index in [0.717, 1.165) is 25.9 Å². The van der Waals surface area contributed by atoms with Gasteiger partial charge in [0.05, 0.1) is 12.6 Å². The molecule has 2 aromatic carbocycles. The minimum Gasteiger partial charge on any atom is -0.508 e. The standard InChI is InChI=1S/C34H43ClF2N4O3/c1-2-44-31-8-4-7-30(36)28(31)23-40-17-19-41(20-18-40)33(43)32(38)24-11-14-39(15-12-24)16-13-34(37)22-26(35)9-10-29(34)25-5-3-6-27(42)21-25/h3-10,21,24,32,42H,2,11-20,22-23,38H2,1H3/t32-,34?/m1/s1. The molecular weight excluding hydrogens is 586 g/mol. The average Bonchev–Trinajstić information content (AvgIpc) is 3.02. The molecule has 2 aromatic rings. The van der Waals surface area contributed by atoms with Gasteiger partial charge in [-0.05, 0) is 86.7 Å². The van der Waals surface area contributed by atoms with E-state index < -0.39 is 11.7 Å². The zero-order valence-corrected chi connectivity index (χ0v) is 26.1. The van der Waals surface area contributed by atoms with Crippen LogP contribution in [0.1, 0.15) is 43.7 Å². The second-order valence-electron chi connectivity index (χ2n) is 12.1. The van der Waals surface area contributed by atoms with Gasteiger partial charge in [-0.15, -0.1) is 0 Å². The molecule has 10 heteroatoms. The number of aromatic hydroxyl groups is 1. The lowest BCUT2D eigenvalue weighted by Crippen LogP contribution is -2.55. The molecular formula is C34H43ClF2N4O3. The predicted octanol–water partition coefficient (Wildman–Crippen LogP) is 5.32. The van der Waals surface area contributed by atoms with Crippen LogP contribution in [0.3, 0.4) is 0 Å². The number of phenols is 1. The molecule has 1 unspecified atom stereocenters. The number of benzene rings is 2. The minimum absolute atomic E-state index is 0.0313. The van der Waals surface area contributed by atoms with Crippen molar-refractivity contribution in [3.8, 4) is 11.5 Å². The van der Waals surface area contributed by atoms with Gasteiger partial charge >= 0.3 is 0 Å². The average molecular weight is 629 g/mol. The third-order valence-electron chi connectivity index (χ3n) is 9.21. The van der Waals surface area contributed by atoms with Crippen LogP contribution in [0.25, 0.3) is 5.57 Å². The topological polar surface area (TPSA) is 82.3 Å². The van der Waals surface area contributed by atoms with Crippen LogP contribution in [0, 0.1) is 11.7 Å². The Morgan fingerprint density at radius 3 is 2.52 bits per heavy atom. The van der Waals surface area contributed by atoms with Crippen LogP contribution >= 0.6 is 11.6 Å². The number of likely N-dealkylation sites (tertiary alicyclic amines) is 1. The molecule has 3 aliphatic rings. The number of nitrogens with zero attached hydrogens (tertiary/aromatic N) is 3. The maximum Gasteiger partial charge on any atom is 0.239 e. The molecule has 0 saturated carbocycles. The molecule has 0 spiro atoms. The number of ether oxygens (including phenoxy) is 1. The number of halogens is 3. The lowest BCUT2D eigenvalue weighted by atomic mass is 9.81. The zero-order valence-electron chi connectivity index (χ0n) is 25.4. The first-order chi connectivity index (χ1) is 21.2. The highest BCUT2D eigenvalue weighted by Gasteiger charge is 2.39. The quantitative estimate of drug-likeness (QED) is 0.371. The van der Waals surface area contributed by atoms with Crippen molar-refractivity contribution in [2.24, 2.45) is 11.7 Å². The number of rotatable bonds is 10. The normalized spacial score (nSPS) is 22.8. The molecule has 2 fully saturated rings. The van der Waals surface area contributed by atoms with Gasteiger partial charge in [-0.3, -0.25) is 9.69 Å². The van der Waals surface area contributed by atoms with Crippen molar-refractivity contribution in [3.05, 3.63) is 76.6 Å². The van der Waals surface area contributed by atoms with Crippen LogP contribution in [0.2, 0.25) is 0 Å². The Labute approximate surface area is 263 Å². The molecule has 2 heterocycles. The van der Waals surface area contributed by atoms with Gasteiger partial charge in [-0.25, -0.2) is 8.78 Å². The van der Waals surface area contributed by atoms with Gasteiger partial charge < -0.3 is 25.4 Å². The highest BCUT2D eigenvalue weighted by atomic mass is 35.5. The number of carbonyl (C=O) groups is 1. The second-order valence-corrected chi connectivity index (χ2v) is 12.6. The van der Waals surface area contributed by atoms with Gasteiger partial charge in [0.25, 0.3) is 0 Å². The molecule has 0 bridgehead atoms. The Morgan fingerprint density at radius 2 is 1.82 bits per heavy atom. The summed E-state index contributed by atoms with van der Waals surface area (Å²) in [4.78, 5) is 19.5. The number of phenolic OH excluding ortho intramolecular Hbond substituents is 1. The van der Waals surface area contributed by atoms with Gasteiger partial charge in [0.1, 0.15) is 23.0 Å². The fourth-order valence-corrected chi connectivity index (χ4v) is 6.89. The molecule has 1 amide bonds. The first-order valence-corrected chi connectivity index (χ1v) is 16.0. The number of piperidine rings is 1. The van der Waals surface area contributed by atoms with Crippen molar-refractivity contribution in [1.29, 1.82) is 0 Å². The van der Waals surface area contributed by atoms with Crippen LogP contribution in [0.4, 0.5) is 8.78 Å². The number of piperazine rings is 1. The van der Waals surface area contributed by atoms with Crippen LogP contribution in [0.15, 0.2) is 59.6 Å². The van der Waals surface area contributed by atoms with E-state index in [9.17, 15) is 14.3 Å². The Morgan fingerprint density at radius 1 is 1.09 bits per heavy atom. The third kappa shape index (κ3) is 7.62. The monoisotopic (exact) mass is 628 g/mol. The van der Waals surface area contributed by atoms with E-state index in [-0.39, 0.29) is 36.2 Å². The number of allylic oxidation sites excluding steroid dienone is 4. The fourth-order valence-electron chi connectivity index (χ4n) is 6.61. The van der Waals surface area contributed by atoms with E-state index in [1.807, 2.05) is 11.8 Å². The summed E-state index contributed by atoms with van der Waals surface area (Å²) in [6.07, 6.45) is 5.37. The van der Waals surface area contributed by atoms with Crippen molar-refractivity contribution in [2.45, 2.75) is 50.9 Å². The maximum atomic E-state index is 16.4. The molecule has 5 rings (SSSR count). The van der Waals surface area contributed by atoms with Crippen molar-refractivity contribution in [1.82, 2.24) is 14.7 Å². The molecule has 0 aromatic heterocycles. The SMILES string of the molecule is CCOc1cccc(F)c1CN1CCN(C(=O)[C@H](N)C2CCN(CCC3(F)CC(Cl)=CC=C3c3cccc(O)c3)CC2)CC1. The Bertz CT molecular complexity index is 1370. The number of nitrogens with two attached hydrogens (primary N) is 1. The summed E-state index contributed by atoms with van der Waals surface area (Å²) in [5.41, 5.74) is 6.62. The summed E-state index contributed by atoms with van der Waals surface area (Å²) in [6, 6.07) is 11.0. The summed E-state index contributed by atoms with van der Waals surface area (Å²) >= 11 is 6.26. The number of alkyl halides is 1. The number of hydrogen-bond donors (Lipinski definition) is 2. The summed E-state index contributed by atoms with van der Waals surface area (Å²) < 4.78 is 36.5. The van der Waals surface area contributed by atoms with Crippen LogP contribution < -0.4 is 10.5 Å². The lowest BCUT2D eigenvalue weighted by Gasteiger charge is -2.40. The van der Waals surface area contributed by atoms with Crippen molar-refractivity contribution < 1.29 is 23.4 Å². The van der Waals surface area contributed by atoms with Crippen molar-refractivity contribution in [2.75, 3.05) is 52.4 Å². The van der Waals surface area contributed by atoms with Gasteiger partial charge in [-0.2, -0.15) is 0 Å². The molecule has 44 heavy (non-hydrogen) atoms. The van der Waals surface area contributed by atoms with Crippen LogP contribution in [-0.4, -0.2) is 89.8 Å².